The molecule has 0 fully saturated rings. The second kappa shape index (κ2) is 8.16. The van der Waals surface area contributed by atoms with Crippen molar-refractivity contribution in [2.24, 2.45) is 0 Å². The fourth-order valence-electron chi connectivity index (χ4n) is 2.30. The molecule has 0 atom stereocenters. The summed E-state index contributed by atoms with van der Waals surface area (Å²) in [6.45, 7) is 1.30. The SMILES string of the molecule is COc1ccc(NC(=O)c2ccc(=O)n(CC(=O)Nc3cc(C)on3)n2)cc1. The molecule has 144 valence electrons. The van der Waals surface area contributed by atoms with E-state index in [9.17, 15) is 14.4 Å². The van der Waals surface area contributed by atoms with Gasteiger partial charge in [0.05, 0.1) is 7.11 Å². The summed E-state index contributed by atoms with van der Waals surface area (Å²) in [6, 6.07) is 10.7. The fraction of sp³-hybridized carbons (Fsp3) is 0.167. The molecule has 2 aromatic heterocycles. The van der Waals surface area contributed by atoms with E-state index in [4.69, 9.17) is 9.26 Å². The minimum Gasteiger partial charge on any atom is -0.497 e. The van der Waals surface area contributed by atoms with Gasteiger partial charge in [0.2, 0.25) is 5.91 Å². The van der Waals surface area contributed by atoms with Crippen molar-refractivity contribution in [3.05, 3.63) is 64.3 Å². The summed E-state index contributed by atoms with van der Waals surface area (Å²) >= 11 is 0. The first-order valence-corrected chi connectivity index (χ1v) is 8.21. The Morgan fingerprint density at radius 3 is 2.54 bits per heavy atom. The smallest absolute Gasteiger partial charge is 0.276 e. The van der Waals surface area contributed by atoms with Crippen LogP contribution >= 0.6 is 0 Å². The van der Waals surface area contributed by atoms with Gasteiger partial charge in [0.1, 0.15) is 23.7 Å². The van der Waals surface area contributed by atoms with Gasteiger partial charge in [-0.1, -0.05) is 5.16 Å². The molecule has 10 nitrogen and oxygen atoms in total. The molecule has 0 aliphatic carbocycles. The molecule has 0 aliphatic rings. The minimum atomic E-state index is -0.532. The first-order chi connectivity index (χ1) is 13.4. The van der Waals surface area contributed by atoms with E-state index in [0.717, 1.165) is 4.68 Å². The lowest BCUT2D eigenvalue weighted by atomic mass is 10.3. The van der Waals surface area contributed by atoms with Gasteiger partial charge in [-0.05, 0) is 37.3 Å². The highest BCUT2D eigenvalue weighted by molar-refractivity contribution is 6.02. The van der Waals surface area contributed by atoms with Gasteiger partial charge in [-0.2, -0.15) is 5.10 Å². The van der Waals surface area contributed by atoms with Crippen molar-refractivity contribution in [2.45, 2.75) is 13.5 Å². The Labute approximate surface area is 159 Å². The van der Waals surface area contributed by atoms with Crippen LogP contribution in [0.3, 0.4) is 0 Å². The van der Waals surface area contributed by atoms with Gasteiger partial charge in [0, 0.05) is 17.8 Å². The number of carbonyl (C=O) groups is 2. The maximum Gasteiger partial charge on any atom is 0.276 e. The molecule has 0 unspecified atom stereocenters. The van der Waals surface area contributed by atoms with E-state index >= 15 is 0 Å². The van der Waals surface area contributed by atoms with Gasteiger partial charge in [0.15, 0.2) is 5.82 Å². The first-order valence-electron chi connectivity index (χ1n) is 8.21. The summed E-state index contributed by atoms with van der Waals surface area (Å²) in [7, 11) is 1.54. The van der Waals surface area contributed by atoms with E-state index in [-0.39, 0.29) is 18.1 Å². The maximum absolute atomic E-state index is 12.4. The molecule has 1 aromatic carbocycles. The molecule has 28 heavy (non-hydrogen) atoms. The molecule has 10 heteroatoms. The summed E-state index contributed by atoms with van der Waals surface area (Å²) in [5, 5.41) is 12.7. The average molecular weight is 383 g/mol. The third kappa shape index (κ3) is 4.61. The Balaban J connectivity index is 1.70. The highest BCUT2D eigenvalue weighted by Crippen LogP contribution is 2.15. The molecule has 0 spiro atoms. The number of methoxy groups -OCH3 is 1. The number of hydrogen-bond donors (Lipinski definition) is 2. The van der Waals surface area contributed by atoms with Crippen molar-refractivity contribution < 1.29 is 18.8 Å². The molecular weight excluding hydrogens is 366 g/mol. The van der Waals surface area contributed by atoms with Crippen LogP contribution in [0.1, 0.15) is 16.2 Å². The van der Waals surface area contributed by atoms with Gasteiger partial charge in [-0.15, -0.1) is 0 Å². The van der Waals surface area contributed by atoms with Crippen molar-refractivity contribution in [3.8, 4) is 5.75 Å². The van der Waals surface area contributed by atoms with Crippen LogP contribution in [-0.2, 0) is 11.3 Å². The Morgan fingerprint density at radius 1 is 1.14 bits per heavy atom. The van der Waals surface area contributed by atoms with Gasteiger partial charge in [-0.25, -0.2) is 4.68 Å². The zero-order valence-electron chi connectivity index (χ0n) is 15.1. The van der Waals surface area contributed by atoms with Gasteiger partial charge < -0.3 is 19.9 Å². The summed E-state index contributed by atoms with van der Waals surface area (Å²) in [6.07, 6.45) is 0. The molecular formula is C18H17N5O5. The number of nitrogens with zero attached hydrogens (tertiary/aromatic N) is 3. The molecule has 0 saturated carbocycles. The van der Waals surface area contributed by atoms with Crippen LogP contribution in [-0.4, -0.2) is 33.9 Å². The normalized spacial score (nSPS) is 10.4. The van der Waals surface area contributed by atoms with Gasteiger partial charge >= 0.3 is 0 Å². The molecule has 2 heterocycles. The standard InChI is InChI=1S/C18H17N5O5/c1-11-9-15(22-28-11)20-16(24)10-23-17(25)8-7-14(21-23)18(26)19-12-3-5-13(27-2)6-4-12/h3-9H,10H2,1-2H3,(H,19,26)(H,20,22,24). The van der Waals surface area contributed by atoms with Gasteiger partial charge in [-0.3, -0.25) is 14.4 Å². The van der Waals surface area contributed by atoms with Crippen LogP contribution in [0.15, 0.2) is 51.8 Å². The number of aromatic nitrogens is 3. The van der Waals surface area contributed by atoms with E-state index in [1.54, 1.807) is 38.3 Å². The second-order valence-electron chi connectivity index (χ2n) is 5.77. The Bertz CT molecular complexity index is 1050. The molecule has 0 bridgehead atoms. The van der Waals surface area contributed by atoms with E-state index in [1.165, 1.54) is 18.2 Å². The maximum atomic E-state index is 12.4. The third-order valence-electron chi connectivity index (χ3n) is 3.64. The largest absolute Gasteiger partial charge is 0.497 e. The zero-order chi connectivity index (χ0) is 20.1. The predicted octanol–water partition coefficient (Wildman–Crippen LogP) is 1.44. The van der Waals surface area contributed by atoms with Crippen molar-refractivity contribution >= 4 is 23.3 Å². The van der Waals surface area contributed by atoms with E-state index in [0.29, 0.717) is 17.2 Å². The number of hydrogen-bond acceptors (Lipinski definition) is 7. The number of anilines is 2. The second-order valence-corrected chi connectivity index (χ2v) is 5.77. The number of carbonyl (C=O) groups excluding carboxylic acids is 2. The van der Waals surface area contributed by atoms with Crippen molar-refractivity contribution in [3.63, 3.8) is 0 Å². The number of rotatable bonds is 6. The predicted molar refractivity (Wildman–Crippen MR) is 99.3 cm³/mol. The van der Waals surface area contributed by atoms with Crippen LogP contribution in [0.4, 0.5) is 11.5 Å². The number of nitrogens with one attached hydrogen (secondary N) is 2. The van der Waals surface area contributed by atoms with Gasteiger partial charge in [0.25, 0.3) is 11.5 Å². The monoisotopic (exact) mass is 383 g/mol. The molecule has 2 N–H and O–H groups in total. The van der Waals surface area contributed by atoms with Crippen molar-refractivity contribution in [1.82, 2.24) is 14.9 Å². The van der Waals surface area contributed by atoms with Crippen LogP contribution in [0.2, 0.25) is 0 Å². The minimum absolute atomic E-state index is 0.0134. The summed E-state index contributed by atoms with van der Waals surface area (Å²) in [5.41, 5.74) is -0.00234. The highest BCUT2D eigenvalue weighted by Gasteiger charge is 2.13. The molecule has 2 amide bonds. The Morgan fingerprint density at radius 2 is 1.89 bits per heavy atom. The highest BCUT2D eigenvalue weighted by atomic mass is 16.5. The van der Waals surface area contributed by atoms with Crippen molar-refractivity contribution in [2.75, 3.05) is 17.7 Å². The van der Waals surface area contributed by atoms with Crippen LogP contribution in [0.25, 0.3) is 0 Å². The number of amides is 2. The summed E-state index contributed by atoms with van der Waals surface area (Å²) in [4.78, 5) is 36.4. The summed E-state index contributed by atoms with van der Waals surface area (Å²) < 4.78 is 10.8. The molecule has 0 aliphatic heterocycles. The molecule has 0 radical (unpaired) electrons. The number of ether oxygens (including phenoxy) is 1. The molecule has 3 rings (SSSR count). The van der Waals surface area contributed by atoms with E-state index in [1.807, 2.05) is 0 Å². The first kappa shape index (κ1) is 18.8. The topological polar surface area (TPSA) is 128 Å². The van der Waals surface area contributed by atoms with E-state index in [2.05, 4.69) is 20.9 Å². The third-order valence-corrected chi connectivity index (χ3v) is 3.64. The zero-order valence-corrected chi connectivity index (χ0v) is 15.1. The molecule has 3 aromatic rings. The quantitative estimate of drug-likeness (QED) is 0.659. The lowest BCUT2D eigenvalue weighted by Crippen LogP contribution is -2.31. The van der Waals surface area contributed by atoms with Crippen molar-refractivity contribution in [1.29, 1.82) is 0 Å². The number of benzene rings is 1. The number of aryl methyl sites for hydroxylation is 1. The Hall–Kier alpha value is -3.95. The van der Waals surface area contributed by atoms with E-state index < -0.39 is 17.4 Å². The average Bonchev–Trinajstić information content (AvgIpc) is 3.08. The van der Waals surface area contributed by atoms with Crippen LogP contribution < -0.4 is 20.9 Å². The fourth-order valence-corrected chi connectivity index (χ4v) is 2.30. The summed E-state index contributed by atoms with van der Waals surface area (Å²) in [5.74, 6) is 0.354. The lowest BCUT2D eigenvalue weighted by Gasteiger charge is -2.08. The molecule has 0 saturated heterocycles. The van der Waals surface area contributed by atoms with Crippen LogP contribution in [0, 0.1) is 6.92 Å². The van der Waals surface area contributed by atoms with Crippen LogP contribution in [0.5, 0.6) is 5.75 Å². The lowest BCUT2D eigenvalue weighted by molar-refractivity contribution is -0.117. The Kier molecular flexibility index (Phi) is 5.49.